The van der Waals surface area contributed by atoms with Gasteiger partial charge in [-0.2, -0.15) is 5.10 Å². The Morgan fingerprint density at radius 3 is 2.55 bits per heavy atom. The summed E-state index contributed by atoms with van der Waals surface area (Å²) < 4.78 is 1.82. The number of benzene rings is 3. The van der Waals surface area contributed by atoms with Gasteiger partial charge in [0.1, 0.15) is 0 Å². The molecule has 0 spiro atoms. The van der Waals surface area contributed by atoms with Crippen molar-refractivity contribution in [2.45, 2.75) is 38.3 Å². The van der Waals surface area contributed by atoms with Crippen LogP contribution in [0.25, 0.3) is 21.7 Å². The van der Waals surface area contributed by atoms with E-state index in [-0.39, 0.29) is 17.9 Å². The number of amides is 1. The van der Waals surface area contributed by atoms with Gasteiger partial charge in [0.2, 0.25) is 0 Å². The fourth-order valence-electron chi connectivity index (χ4n) is 4.73. The summed E-state index contributed by atoms with van der Waals surface area (Å²) in [5.74, 6) is -1.25. The number of aromatic nitrogens is 2. The fourth-order valence-corrected chi connectivity index (χ4v) is 4.93. The van der Waals surface area contributed by atoms with Crippen LogP contribution < -0.4 is 5.32 Å². The van der Waals surface area contributed by atoms with E-state index >= 15 is 0 Å². The summed E-state index contributed by atoms with van der Waals surface area (Å²) in [5.41, 5.74) is 2.30. The molecule has 168 valence electrons. The number of hydrogen-bond donors (Lipinski definition) is 2. The summed E-state index contributed by atoms with van der Waals surface area (Å²) in [7, 11) is 0. The van der Waals surface area contributed by atoms with Crippen LogP contribution in [0.15, 0.2) is 60.8 Å². The van der Waals surface area contributed by atoms with Crippen molar-refractivity contribution in [3.8, 4) is 0 Å². The lowest BCUT2D eigenvalue weighted by atomic mass is 9.86. The first-order chi connectivity index (χ1) is 16.0. The molecule has 1 aliphatic carbocycles. The summed E-state index contributed by atoms with van der Waals surface area (Å²) in [5, 5.41) is 20.4. The molecule has 0 radical (unpaired) electrons. The van der Waals surface area contributed by atoms with Gasteiger partial charge < -0.3 is 10.4 Å². The number of nitrogens with one attached hydrogen (secondary N) is 1. The Morgan fingerprint density at radius 2 is 1.79 bits per heavy atom. The maximum Gasteiger partial charge on any atom is 0.306 e. The van der Waals surface area contributed by atoms with Crippen molar-refractivity contribution in [1.29, 1.82) is 0 Å². The zero-order valence-electron chi connectivity index (χ0n) is 18.0. The van der Waals surface area contributed by atoms with E-state index in [1.165, 1.54) is 5.39 Å². The van der Waals surface area contributed by atoms with Crippen LogP contribution in [0.2, 0.25) is 5.02 Å². The standard InChI is InChI=1S/C26H24ClN3O3/c27-23-12-11-21(25(31)29-20-9-7-18(8-10-20)26(32)33)24-22(23)14-28-30(24)15-16-5-6-17-3-1-2-4-19(17)13-16/h1-6,11-14,18,20H,7-10,15H2,(H,29,31)(H,32,33). The molecular formula is C26H24ClN3O3. The number of halogens is 1. The SMILES string of the molecule is O=C(NC1CCC(C(=O)O)CC1)c1ccc(Cl)c2cnn(Cc3ccc4ccccc4c3)c12. The highest BCUT2D eigenvalue weighted by molar-refractivity contribution is 6.36. The molecule has 1 amide bonds. The highest BCUT2D eigenvalue weighted by Crippen LogP contribution is 2.29. The maximum atomic E-state index is 13.2. The Balaban J connectivity index is 1.42. The number of carboxylic acids is 1. The van der Waals surface area contributed by atoms with Crippen LogP contribution in [-0.2, 0) is 11.3 Å². The van der Waals surface area contributed by atoms with Crippen molar-refractivity contribution < 1.29 is 14.7 Å². The molecule has 0 unspecified atom stereocenters. The summed E-state index contributed by atoms with van der Waals surface area (Å²) in [6.45, 7) is 0.513. The number of rotatable bonds is 5. The van der Waals surface area contributed by atoms with Crippen LogP contribution in [0.3, 0.4) is 0 Å². The molecule has 1 aromatic heterocycles. The minimum absolute atomic E-state index is 0.0318. The van der Waals surface area contributed by atoms with Crippen molar-refractivity contribution >= 4 is 45.2 Å². The Hall–Kier alpha value is -3.38. The smallest absolute Gasteiger partial charge is 0.306 e. The van der Waals surface area contributed by atoms with E-state index in [2.05, 4.69) is 40.7 Å². The van der Waals surface area contributed by atoms with E-state index in [9.17, 15) is 14.7 Å². The number of carboxylic acid groups (broad SMARTS) is 1. The quantitative estimate of drug-likeness (QED) is 0.424. The normalized spacial score (nSPS) is 18.5. The summed E-state index contributed by atoms with van der Waals surface area (Å²) in [6, 6.07) is 17.9. The van der Waals surface area contributed by atoms with Gasteiger partial charge in [0.05, 0.1) is 34.8 Å². The van der Waals surface area contributed by atoms with E-state index in [0.29, 0.717) is 48.3 Å². The number of aliphatic carboxylic acids is 1. The van der Waals surface area contributed by atoms with Gasteiger partial charge >= 0.3 is 5.97 Å². The second kappa shape index (κ2) is 8.87. The molecule has 33 heavy (non-hydrogen) atoms. The molecule has 1 heterocycles. The van der Waals surface area contributed by atoms with E-state index in [1.54, 1.807) is 18.3 Å². The molecule has 1 saturated carbocycles. The molecule has 0 bridgehead atoms. The van der Waals surface area contributed by atoms with Gasteiger partial charge in [-0.05, 0) is 60.2 Å². The van der Waals surface area contributed by atoms with Gasteiger partial charge in [0.25, 0.3) is 5.91 Å². The first kappa shape index (κ1) is 21.5. The van der Waals surface area contributed by atoms with Crippen molar-refractivity contribution in [1.82, 2.24) is 15.1 Å². The summed E-state index contributed by atoms with van der Waals surface area (Å²) in [6.07, 6.45) is 4.19. The Bertz CT molecular complexity index is 1360. The number of nitrogens with zero attached hydrogens (tertiary/aromatic N) is 2. The highest BCUT2D eigenvalue weighted by Gasteiger charge is 2.27. The minimum atomic E-state index is -0.753. The molecule has 2 N–H and O–H groups in total. The zero-order chi connectivity index (χ0) is 22.9. The third-order valence-corrected chi connectivity index (χ3v) is 6.88. The predicted octanol–water partition coefficient (Wildman–Crippen LogP) is 5.26. The maximum absolute atomic E-state index is 13.2. The second-order valence-electron chi connectivity index (χ2n) is 8.70. The molecule has 7 heteroatoms. The van der Waals surface area contributed by atoms with E-state index < -0.39 is 5.97 Å². The van der Waals surface area contributed by atoms with Crippen molar-refractivity contribution in [2.24, 2.45) is 5.92 Å². The topological polar surface area (TPSA) is 84.2 Å². The van der Waals surface area contributed by atoms with Crippen molar-refractivity contribution in [3.05, 3.63) is 76.9 Å². The summed E-state index contributed by atoms with van der Waals surface area (Å²) in [4.78, 5) is 24.4. The zero-order valence-corrected chi connectivity index (χ0v) is 18.8. The summed E-state index contributed by atoms with van der Waals surface area (Å²) >= 11 is 6.43. The van der Waals surface area contributed by atoms with Gasteiger partial charge in [-0.25, -0.2) is 0 Å². The second-order valence-corrected chi connectivity index (χ2v) is 9.11. The molecular weight excluding hydrogens is 438 g/mol. The van der Waals surface area contributed by atoms with Gasteiger partial charge in [-0.15, -0.1) is 0 Å². The Labute approximate surface area is 196 Å². The monoisotopic (exact) mass is 461 g/mol. The number of carbonyl (C=O) groups excluding carboxylic acids is 1. The van der Waals surface area contributed by atoms with Crippen LogP contribution in [-0.4, -0.2) is 32.8 Å². The molecule has 0 saturated heterocycles. The third kappa shape index (κ3) is 4.31. The van der Waals surface area contributed by atoms with Gasteiger partial charge in [-0.3, -0.25) is 14.3 Å². The molecule has 3 aromatic carbocycles. The van der Waals surface area contributed by atoms with Crippen LogP contribution in [0, 0.1) is 5.92 Å². The van der Waals surface area contributed by atoms with Crippen LogP contribution in [0.1, 0.15) is 41.6 Å². The molecule has 6 nitrogen and oxygen atoms in total. The average Bonchev–Trinajstić information content (AvgIpc) is 3.24. The number of hydrogen-bond acceptors (Lipinski definition) is 3. The van der Waals surface area contributed by atoms with Crippen molar-refractivity contribution in [3.63, 3.8) is 0 Å². The lowest BCUT2D eigenvalue weighted by Gasteiger charge is -2.27. The minimum Gasteiger partial charge on any atom is -0.481 e. The lowest BCUT2D eigenvalue weighted by Crippen LogP contribution is -2.38. The first-order valence-corrected chi connectivity index (χ1v) is 11.5. The highest BCUT2D eigenvalue weighted by atomic mass is 35.5. The first-order valence-electron chi connectivity index (χ1n) is 11.1. The average molecular weight is 462 g/mol. The Morgan fingerprint density at radius 1 is 1.03 bits per heavy atom. The lowest BCUT2D eigenvalue weighted by molar-refractivity contribution is -0.142. The van der Waals surface area contributed by atoms with E-state index in [4.69, 9.17) is 11.6 Å². The van der Waals surface area contributed by atoms with Gasteiger partial charge in [-0.1, -0.05) is 48.0 Å². The van der Waals surface area contributed by atoms with Crippen molar-refractivity contribution in [2.75, 3.05) is 0 Å². The largest absolute Gasteiger partial charge is 0.481 e. The van der Waals surface area contributed by atoms with Gasteiger partial charge in [0, 0.05) is 11.4 Å². The molecule has 0 atom stereocenters. The molecule has 5 rings (SSSR count). The van der Waals surface area contributed by atoms with E-state index in [0.717, 1.165) is 16.3 Å². The number of fused-ring (bicyclic) bond motifs is 2. The van der Waals surface area contributed by atoms with Crippen LogP contribution in [0.4, 0.5) is 0 Å². The Kier molecular flexibility index (Phi) is 5.77. The predicted molar refractivity (Wildman–Crippen MR) is 129 cm³/mol. The van der Waals surface area contributed by atoms with Gasteiger partial charge in [0.15, 0.2) is 0 Å². The molecule has 1 aliphatic rings. The molecule has 4 aromatic rings. The number of carbonyl (C=O) groups is 2. The fraction of sp³-hybridized carbons (Fsp3) is 0.269. The third-order valence-electron chi connectivity index (χ3n) is 6.55. The van der Waals surface area contributed by atoms with Crippen LogP contribution >= 0.6 is 11.6 Å². The molecule has 1 fully saturated rings. The van der Waals surface area contributed by atoms with Crippen LogP contribution in [0.5, 0.6) is 0 Å². The molecule has 0 aliphatic heterocycles. The van der Waals surface area contributed by atoms with E-state index in [1.807, 2.05) is 16.8 Å².